The van der Waals surface area contributed by atoms with E-state index in [1.54, 1.807) is 11.3 Å². The molecule has 7 heteroatoms. The van der Waals surface area contributed by atoms with Crippen molar-refractivity contribution in [2.24, 2.45) is 7.05 Å². The lowest BCUT2D eigenvalue weighted by Crippen LogP contribution is -2.00. The molecule has 0 aromatic carbocycles. The third-order valence-electron chi connectivity index (χ3n) is 3.63. The number of nitrogens with zero attached hydrogens (tertiary/aromatic N) is 3. The van der Waals surface area contributed by atoms with Gasteiger partial charge in [0.05, 0.1) is 10.6 Å². The smallest absolute Gasteiger partial charge is 0.313 e. The zero-order chi connectivity index (χ0) is 14.8. The molecule has 21 heavy (non-hydrogen) atoms. The predicted octanol–water partition coefficient (Wildman–Crippen LogP) is 2.99. The standard InChI is InChI=1S/C14H17N3O2S2/c1-17-13(15-16-14(17)20-8-12(18)19)11-7-9-5-3-2-4-6-10(9)21-11/h7H,2-6,8H2,1H3,(H,18,19). The van der Waals surface area contributed by atoms with Gasteiger partial charge >= 0.3 is 5.97 Å². The van der Waals surface area contributed by atoms with Crippen LogP contribution in [0.4, 0.5) is 0 Å². The number of fused-ring (bicyclic) bond motifs is 1. The van der Waals surface area contributed by atoms with Gasteiger partial charge in [0, 0.05) is 11.9 Å². The summed E-state index contributed by atoms with van der Waals surface area (Å²) in [6, 6.07) is 2.24. The molecule has 2 aromatic rings. The molecule has 0 atom stereocenters. The van der Waals surface area contributed by atoms with E-state index in [2.05, 4.69) is 16.3 Å². The van der Waals surface area contributed by atoms with Crippen molar-refractivity contribution in [1.29, 1.82) is 0 Å². The summed E-state index contributed by atoms with van der Waals surface area (Å²) in [4.78, 5) is 13.3. The number of aliphatic carboxylic acids is 1. The van der Waals surface area contributed by atoms with E-state index in [-0.39, 0.29) is 5.75 Å². The number of hydrogen-bond acceptors (Lipinski definition) is 5. The maximum atomic E-state index is 10.6. The fraction of sp³-hybridized carbons (Fsp3) is 0.500. The van der Waals surface area contributed by atoms with Gasteiger partial charge in [-0.15, -0.1) is 21.5 Å². The molecule has 0 saturated heterocycles. The molecule has 0 unspecified atom stereocenters. The summed E-state index contributed by atoms with van der Waals surface area (Å²) in [6.45, 7) is 0. The van der Waals surface area contributed by atoms with Crippen molar-refractivity contribution in [3.63, 3.8) is 0 Å². The maximum absolute atomic E-state index is 10.6. The van der Waals surface area contributed by atoms with Crippen LogP contribution in [0.3, 0.4) is 0 Å². The van der Waals surface area contributed by atoms with Gasteiger partial charge in [-0.1, -0.05) is 18.2 Å². The van der Waals surface area contributed by atoms with E-state index >= 15 is 0 Å². The molecule has 2 aromatic heterocycles. The van der Waals surface area contributed by atoms with E-state index in [1.165, 1.54) is 47.9 Å². The summed E-state index contributed by atoms with van der Waals surface area (Å²) in [6.07, 6.45) is 6.17. The Kier molecular flexibility index (Phi) is 4.30. The summed E-state index contributed by atoms with van der Waals surface area (Å²) in [7, 11) is 1.89. The molecule has 3 rings (SSSR count). The molecule has 1 aliphatic carbocycles. The first-order valence-corrected chi connectivity index (χ1v) is 8.81. The highest BCUT2D eigenvalue weighted by molar-refractivity contribution is 7.99. The number of carboxylic acid groups (broad SMARTS) is 1. The molecule has 1 N–H and O–H groups in total. The normalized spacial score (nSPS) is 14.7. The topological polar surface area (TPSA) is 68.0 Å². The Bertz CT molecular complexity index is 640. The molecule has 112 valence electrons. The number of thiophene rings is 1. The van der Waals surface area contributed by atoms with Crippen molar-refractivity contribution in [3.05, 3.63) is 16.5 Å². The van der Waals surface area contributed by atoms with Gasteiger partial charge in [-0.3, -0.25) is 4.79 Å². The van der Waals surface area contributed by atoms with E-state index in [1.807, 2.05) is 11.6 Å². The van der Waals surface area contributed by atoms with Crippen LogP contribution in [0, 0.1) is 0 Å². The van der Waals surface area contributed by atoms with E-state index in [9.17, 15) is 4.79 Å². The molecular weight excluding hydrogens is 306 g/mol. The summed E-state index contributed by atoms with van der Waals surface area (Å²) >= 11 is 3.01. The van der Waals surface area contributed by atoms with Crippen LogP contribution in [0.5, 0.6) is 0 Å². The molecule has 0 aliphatic heterocycles. The first kappa shape index (κ1) is 14.6. The first-order valence-electron chi connectivity index (χ1n) is 7.01. The average molecular weight is 323 g/mol. The zero-order valence-electron chi connectivity index (χ0n) is 11.8. The van der Waals surface area contributed by atoms with Crippen LogP contribution in [0.15, 0.2) is 11.2 Å². The van der Waals surface area contributed by atoms with Gasteiger partial charge < -0.3 is 9.67 Å². The van der Waals surface area contributed by atoms with Gasteiger partial charge in [0.15, 0.2) is 11.0 Å². The van der Waals surface area contributed by atoms with Gasteiger partial charge in [0.2, 0.25) is 0 Å². The van der Waals surface area contributed by atoms with Gasteiger partial charge in [0.1, 0.15) is 0 Å². The molecule has 0 bridgehead atoms. The molecule has 0 radical (unpaired) electrons. The number of aromatic nitrogens is 3. The molecule has 2 heterocycles. The lowest BCUT2D eigenvalue weighted by molar-refractivity contribution is -0.133. The number of aryl methyl sites for hydroxylation is 2. The highest BCUT2D eigenvalue weighted by Crippen LogP contribution is 2.35. The van der Waals surface area contributed by atoms with Crippen LogP contribution in [0.2, 0.25) is 0 Å². The number of carbonyl (C=O) groups is 1. The number of carboxylic acids is 1. The lowest BCUT2D eigenvalue weighted by atomic mass is 10.1. The molecule has 0 spiro atoms. The van der Waals surface area contributed by atoms with E-state index < -0.39 is 5.97 Å². The Morgan fingerprint density at radius 1 is 1.38 bits per heavy atom. The fourth-order valence-corrected chi connectivity index (χ4v) is 4.46. The van der Waals surface area contributed by atoms with Gasteiger partial charge in [-0.05, 0) is 37.3 Å². The summed E-state index contributed by atoms with van der Waals surface area (Å²) in [5, 5.41) is 17.7. The molecular formula is C14H17N3O2S2. The minimum atomic E-state index is -0.840. The van der Waals surface area contributed by atoms with Crippen LogP contribution < -0.4 is 0 Å². The van der Waals surface area contributed by atoms with Crippen molar-refractivity contribution < 1.29 is 9.90 Å². The SMILES string of the molecule is Cn1c(SCC(=O)O)nnc1-c1cc2c(s1)CCCCC2. The second kappa shape index (κ2) is 6.19. The van der Waals surface area contributed by atoms with E-state index in [0.717, 1.165) is 17.1 Å². The van der Waals surface area contributed by atoms with Gasteiger partial charge in [0.25, 0.3) is 0 Å². The quantitative estimate of drug-likeness (QED) is 0.692. The molecule has 0 saturated carbocycles. The Morgan fingerprint density at radius 3 is 3.00 bits per heavy atom. The Hall–Kier alpha value is -1.34. The minimum absolute atomic E-state index is 0.00686. The highest BCUT2D eigenvalue weighted by Gasteiger charge is 2.18. The highest BCUT2D eigenvalue weighted by atomic mass is 32.2. The predicted molar refractivity (Wildman–Crippen MR) is 83.9 cm³/mol. The van der Waals surface area contributed by atoms with E-state index in [4.69, 9.17) is 5.11 Å². The van der Waals surface area contributed by atoms with Gasteiger partial charge in [-0.25, -0.2) is 0 Å². The third-order valence-corrected chi connectivity index (χ3v) is 5.86. The number of thioether (sulfide) groups is 1. The Labute approximate surface area is 131 Å². The second-order valence-corrected chi connectivity index (χ2v) is 7.25. The Balaban J connectivity index is 1.85. The van der Waals surface area contributed by atoms with Crippen molar-refractivity contribution in [3.8, 4) is 10.7 Å². The van der Waals surface area contributed by atoms with Crippen LogP contribution in [-0.2, 0) is 24.7 Å². The van der Waals surface area contributed by atoms with Crippen LogP contribution in [0.25, 0.3) is 10.7 Å². The van der Waals surface area contributed by atoms with Gasteiger partial charge in [-0.2, -0.15) is 0 Å². The minimum Gasteiger partial charge on any atom is -0.481 e. The van der Waals surface area contributed by atoms with Crippen molar-refractivity contribution in [1.82, 2.24) is 14.8 Å². The second-order valence-electron chi connectivity index (χ2n) is 5.17. The van der Waals surface area contributed by atoms with Crippen molar-refractivity contribution in [2.45, 2.75) is 37.3 Å². The molecule has 5 nitrogen and oxygen atoms in total. The summed E-state index contributed by atoms with van der Waals surface area (Å²) in [5.41, 5.74) is 1.45. The van der Waals surface area contributed by atoms with Crippen LogP contribution >= 0.6 is 23.1 Å². The average Bonchev–Trinajstić information content (AvgIpc) is 2.94. The maximum Gasteiger partial charge on any atom is 0.313 e. The largest absolute Gasteiger partial charge is 0.481 e. The van der Waals surface area contributed by atoms with E-state index in [0.29, 0.717) is 5.16 Å². The zero-order valence-corrected chi connectivity index (χ0v) is 13.5. The third kappa shape index (κ3) is 3.13. The molecule has 1 aliphatic rings. The Morgan fingerprint density at radius 2 is 2.19 bits per heavy atom. The number of hydrogen-bond donors (Lipinski definition) is 1. The van der Waals surface area contributed by atoms with Crippen molar-refractivity contribution >= 4 is 29.1 Å². The lowest BCUT2D eigenvalue weighted by Gasteiger charge is -2.00. The van der Waals surface area contributed by atoms with Crippen LogP contribution in [-0.4, -0.2) is 31.6 Å². The number of rotatable bonds is 4. The fourth-order valence-electron chi connectivity index (χ4n) is 2.56. The van der Waals surface area contributed by atoms with Crippen LogP contribution in [0.1, 0.15) is 29.7 Å². The van der Waals surface area contributed by atoms with Crippen molar-refractivity contribution in [2.75, 3.05) is 5.75 Å². The molecule has 0 amide bonds. The summed E-state index contributed by atoms with van der Waals surface area (Å²) < 4.78 is 1.89. The first-order chi connectivity index (χ1) is 10.1. The monoisotopic (exact) mass is 323 g/mol. The molecule has 0 fully saturated rings. The summed E-state index contributed by atoms with van der Waals surface area (Å²) in [5.74, 6) is 0.000701.